The minimum atomic E-state index is -3.77. The highest BCUT2D eigenvalue weighted by molar-refractivity contribution is 7.86. The van der Waals surface area contributed by atoms with Crippen LogP contribution in [0.4, 0.5) is 0 Å². The molecule has 7 nitrogen and oxygen atoms in total. The van der Waals surface area contributed by atoms with Crippen LogP contribution in [0.3, 0.4) is 0 Å². The Labute approximate surface area is 189 Å². The molecule has 0 spiro atoms. The van der Waals surface area contributed by atoms with Crippen LogP contribution < -0.4 is 4.74 Å². The van der Waals surface area contributed by atoms with Crippen LogP contribution in [-0.4, -0.2) is 38.8 Å². The van der Waals surface area contributed by atoms with E-state index in [0.717, 1.165) is 16.5 Å². The van der Waals surface area contributed by atoms with Crippen molar-refractivity contribution in [2.75, 3.05) is 19.8 Å². The van der Waals surface area contributed by atoms with E-state index in [0.29, 0.717) is 25.4 Å². The minimum absolute atomic E-state index is 0.0303. The summed E-state index contributed by atoms with van der Waals surface area (Å²) in [6.07, 6.45) is 2.27. The quantitative estimate of drug-likeness (QED) is 0.253. The van der Waals surface area contributed by atoms with Crippen molar-refractivity contribution < 1.29 is 26.9 Å². The molecular formula is C24H29NO6S. The normalized spacial score (nSPS) is 12.1. The van der Waals surface area contributed by atoms with Gasteiger partial charge in [-0.15, -0.1) is 0 Å². The number of benzene rings is 2. The average molecular weight is 460 g/mol. The van der Waals surface area contributed by atoms with Gasteiger partial charge in [0.25, 0.3) is 10.1 Å². The molecule has 0 aliphatic heterocycles. The molecule has 0 N–H and O–H groups in total. The van der Waals surface area contributed by atoms with Gasteiger partial charge in [-0.25, -0.2) is 4.79 Å². The van der Waals surface area contributed by atoms with E-state index in [1.54, 1.807) is 19.1 Å². The van der Waals surface area contributed by atoms with Crippen molar-refractivity contribution in [3.8, 4) is 5.75 Å². The molecule has 0 fully saturated rings. The fourth-order valence-electron chi connectivity index (χ4n) is 3.29. The third-order valence-electron chi connectivity index (χ3n) is 5.14. The highest BCUT2D eigenvalue weighted by Crippen LogP contribution is 2.28. The summed E-state index contributed by atoms with van der Waals surface area (Å²) in [5.41, 5.74) is 1.04. The third kappa shape index (κ3) is 5.31. The molecule has 0 radical (unpaired) electrons. The van der Waals surface area contributed by atoms with Crippen LogP contribution >= 0.6 is 0 Å². The summed E-state index contributed by atoms with van der Waals surface area (Å²) >= 11 is 0. The number of carbonyl (C=O) groups is 1. The Hall–Kier alpha value is -2.84. The third-order valence-corrected chi connectivity index (χ3v) is 6.47. The van der Waals surface area contributed by atoms with E-state index in [2.05, 4.69) is 0 Å². The Morgan fingerprint density at radius 1 is 1.03 bits per heavy atom. The zero-order chi connectivity index (χ0) is 23.4. The van der Waals surface area contributed by atoms with Gasteiger partial charge in [-0.3, -0.25) is 4.18 Å². The van der Waals surface area contributed by atoms with Gasteiger partial charge in [-0.1, -0.05) is 17.7 Å². The van der Waals surface area contributed by atoms with Crippen molar-refractivity contribution >= 4 is 27.0 Å². The Balaban J connectivity index is 1.56. The van der Waals surface area contributed by atoms with Gasteiger partial charge < -0.3 is 14.0 Å². The number of fused-ring (bicyclic) bond motifs is 1. The molecule has 32 heavy (non-hydrogen) atoms. The Morgan fingerprint density at radius 3 is 2.44 bits per heavy atom. The zero-order valence-corrected chi connectivity index (χ0v) is 19.6. The van der Waals surface area contributed by atoms with Gasteiger partial charge in [-0.05, 0) is 64.1 Å². The second kappa shape index (κ2) is 9.75. The average Bonchev–Trinajstić information content (AvgIpc) is 3.18. The lowest BCUT2D eigenvalue weighted by atomic mass is 10.1. The Bertz CT molecular complexity index is 1180. The largest absolute Gasteiger partial charge is 0.493 e. The van der Waals surface area contributed by atoms with Crippen molar-refractivity contribution in [2.45, 2.75) is 44.6 Å². The molecule has 0 amide bonds. The van der Waals surface area contributed by atoms with Crippen molar-refractivity contribution in [1.82, 2.24) is 4.57 Å². The van der Waals surface area contributed by atoms with Crippen LogP contribution in [0.5, 0.6) is 5.75 Å². The number of hydrogen-bond donors (Lipinski definition) is 0. The molecule has 0 saturated heterocycles. The fourth-order valence-corrected chi connectivity index (χ4v) is 4.24. The summed E-state index contributed by atoms with van der Waals surface area (Å²) in [4.78, 5) is 12.5. The lowest BCUT2D eigenvalue weighted by Crippen LogP contribution is -2.36. The van der Waals surface area contributed by atoms with Crippen molar-refractivity contribution in [1.29, 1.82) is 0 Å². The fraction of sp³-hybridized carbons (Fsp3) is 0.375. The minimum Gasteiger partial charge on any atom is -0.493 e. The number of aryl methyl sites for hydroxylation is 1. The van der Waals surface area contributed by atoms with E-state index in [9.17, 15) is 13.2 Å². The van der Waals surface area contributed by atoms with E-state index in [1.807, 2.05) is 55.8 Å². The summed E-state index contributed by atoms with van der Waals surface area (Å²) in [5, 5.41) is 0.929. The van der Waals surface area contributed by atoms with E-state index in [4.69, 9.17) is 13.7 Å². The van der Waals surface area contributed by atoms with Crippen LogP contribution in [0.1, 0.15) is 32.8 Å². The molecule has 0 bridgehead atoms. The lowest BCUT2D eigenvalue weighted by Gasteiger charge is -2.25. The molecular weight excluding hydrogens is 430 g/mol. The first-order valence-electron chi connectivity index (χ1n) is 10.5. The topological polar surface area (TPSA) is 83.8 Å². The molecule has 2 aromatic carbocycles. The van der Waals surface area contributed by atoms with Gasteiger partial charge in [0, 0.05) is 23.5 Å². The summed E-state index contributed by atoms with van der Waals surface area (Å²) in [6.45, 7) is 7.98. The molecule has 8 heteroatoms. The highest BCUT2D eigenvalue weighted by atomic mass is 32.2. The number of esters is 1. The van der Waals surface area contributed by atoms with E-state index in [-0.39, 0.29) is 17.5 Å². The van der Waals surface area contributed by atoms with Crippen molar-refractivity contribution in [3.05, 3.63) is 60.3 Å². The van der Waals surface area contributed by atoms with Gasteiger partial charge in [0.2, 0.25) is 0 Å². The van der Waals surface area contributed by atoms with Gasteiger partial charge in [0.15, 0.2) is 0 Å². The molecule has 0 saturated carbocycles. The van der Waals surface area contributed by atoms with Crippen LogP contribution in [0.25, 0.3) is 10.9 Å². The van der Waals surface area contributed by atoms with Crippen LogP contribution in [0.2, 0.25) is 0 Å². The predicted octanol–water partition coefficient (Wildman–Crippen LogP) is 4.42. The van der Waals surface area contributed by atoms with Crippen molar-refractivity contribution in [2.24, 2.45) is 0 Å². The standard InChI is InChI=1S/C24H29NO6S/c1-5-29-23(26)24(3,4)25-14-13-19-17-20(9-12-22(19)25)30-15-6-16-31-32(27,28)21-10-7-18(2)8-11-21/h7-14,17H,5-6,15-16H2,1-4H3. The molecule has 1 heterocycles. The SMILES string of the molecule is CCOC(=O)C(C)(C)n1ccc2cc(OCCCOS(=O)(=O)c3ccc(C)cc3)ccc21. The predicted molar refractivity (Wildman–Crippen MR) is 122 cm³/mol. The summed E-state index contributed by atoms with van der Waals surface area (Å²) in [6, 6.07) is 14.1. The summed E-state index contributed by atoms with van der Waals surface area (Å²) in [7, 11) is -3.77. The van der Waals surface area contributed by atoms with Gasteiger partial charge in [0.1, 0.15) is 11.3 Å². The second-order valence-electron chi connectivity index (χ2n) is 7.98. The smallest absolute Gasteiger partial charge is 0.331 e. The number of carbonyl (C=O) groups excluding carboxylic acids is 1. The molecule has 172 valence electrons. The van der Waals surface area contributed by atoms with Gasteiger partial charge in [0.05, 0.1) is 24.7 Å². The number of ether oxygens (including phenoxy) is 2. The molecule has 0 unspecified atom stereocenters. The summed E-state index contributed by atoms with van der Waals surface area (Å²) in [5.74, 6) is 0.365. The molecule has 3 rings (SSSR count). The first-order valence-corrected chi connectivity index (χ1v) is 11.9. The maximum absolute atomic E-state index is 12.3. The molecule has 0 aliphatic rings. The zero-order valence-electron chi connectivity index (χ0n) is 18.8. The highest BCUT2D eigenvalue weighted by Gasteiger charge is 2.32. The molecule has 0 atom stereocenters. The second-order valence-corrected chi connectivity index (χ2v) is 9.59. The summed E-state index contributed by atoms with van der Waals surface area (Å²) < 4.78 is 42.3. The number of rotatable bonds is 10. The maximum Gasteiger partial charge on any atom is 0.331 e. The first-order chi connectivity index (χ1) is 15.1. The number of nitrogens with zero attached hydrogens (tertiary/aromatic N) is 1. The van der Waals surface area contributed by atoms with Gasteiger partial charge >= 0.3 is 5.97 Å². The monoisotopic (exact) mass is 459 g/mol. The maximum atomic E-state index is 12.3. The lowest BCUT2D eigenvalue weighted by molar-refractivity contribution is -0.151. The molecule has 0 aliphatic carbocycles. The first kappa shape index (κ1) is 23.8. The van der Waals surface area contributed by atoms with Crippen LogP contribution in [0, 0.1) is 6.92 Å². The van der Waals surface area contributed by atoms with E-state index in [1.165, 1.54) is 12.1 Å². The Kier molecular flexibility index (Phi) is 7.26. The molecule has 3 aromatic rings. The van der Waals surface area contributed by atoms with Crippen molar-refractivity contribution in [3.63, 3.8) is 0 Å². The van der Waals surface area contributed by atoms with E-state index >= 15 is 0 Å². The number of aromatic nitrogens is 1. The van der Waals surface area contributed by atoms with Gasteiger partial charge in [-0.2, -0.15) is 8.42 Å². The van der Waals surface area contributed by atoms with Crippen LogP contribution in [-0.2, 0) is 29.4 Å². The van der Waals surface area contributed by atoms with Crippen LogP contribution in [0.15, 0.2) is 59.6 Å². The molecule has 1 aromatic heterocycles. The van der Waals surface area contributed by atoms with E-state index < -0.39 is 15.7 Å². The Morgan fingerprint density at radius 2 is 1.75 bits per heavy atom. The number of hydrogen-bond acceptors (Lipinski definition) is 6.